The van der Waals surface area contributed by atoms with Crippen LogP contribution >= 0.6 is 0 Å². The van der Waals surface area contributed by atoms with Crippen LogP contribution in [0.4, 0.5) is 0 Å². The Morgan fingerprint density at radius 3 is 2.48 bits per heavy atom. The highest BCUT2D eigenvalue weighted by atomic mass is 16.5. The molecular formula is C15H22N2O6. The summed E-state index contributed by atoms with van der Waals surface area (Å²) in [4.78, 5) is 20.3. The standard InChI is InChI=1S/C10H10O4.C5H12N2O2/c1-14-9-6-7(2-4-8(9)11)3-5-10(12)13;6-3-1-2-4(7)5(8)9/h2-6,11H,1H3,(H,12,13);4H,1-3,6-7H2,(H,8,9)/b5-3+;. The van der Waals surface area contributed by atoms with Crippen molar-refractivity contribution < 1.29 is 29.6 Å². The van der Waals surface area contributed by atoms with Crippen LogP contribution in [0.5, 0.6) is 11.5 Å². The predicted molar refractivity (Wildman–Crippen MR) is 85.2 cm³/mol. The summed E-state index contributed by atoms with van der Waals surface area (Å²) in [6.07, 6.45) is 3.58. The number of methoxy groups -OCH3 is 1. The van der Waals surface area contributed by atoms with Gasteiger partial charge in [0.25, 0.3) is 0 Å². The van der Waals surface area contributed by atoms with Crippen molar-refractivity contribution in [2.45, 2.75) is 18.9 Å². The molecule has 0 saturated carbocycles. The van der Waals surface area contributed by atoms with Gasteiger partial charge in [-0.2, -0.15) is 0 Å². The Morgan fingerprint density at radius 1 is 1.35 bits per heavy atom. The first kappa shape index (κ1) is 20.4. The van der Waals surface area contributed by atoms with Crippen molar-refractivity contribution >= 4 is 18.0 Å². The highest BCUT2D eigenvalue weighted by Gasteiger charge is 2.08. The van der Waals surface area contributed by atoms with Crippen molar-refractivity contribution in [1.29, 1.82) is 0 Å². The summed E-state index contributed by atoms with van der Waals surface area (Å²) in [6, 6.07) is 3.85. The Kier molecular flexibility index (Phi) is 9.81. The SMILES string of the molecule is COc1cc(/C=C/C(=O)O)ccc1O.NCCCC(N)C(=O)O. The Bertz CT molecular complexity index is 545. The van der Waals surface area contributed by atoms with Crippen LogP contribution in [0.3, 0.4) is 0 Å². The van der Waals surface area contributed by atoms with Gasteiger partial charge in [-0.05, 0) is 43.2 Å². The number of benzene rings is 1. The molecule has 0 spiro atoms. The summed E-state index contributed by atoms with van der Waals surface area (Å²) >= 11 is 0. The number of phenolic OH excluding ortho intramolecular Hbond substituents is 1. The van der Waals surface area contributed by atoms with Crippen molar-refractivity contribution in [3.05, 3.63) is 29.8 Å². The van der Waals surface area contributed by atoms with Gasteiger partial charge in [-0.25, -0.2) is 4.79 Å². The molecule has 0 aliphatic carbocycles. The highest BCUT2D eigenvalue weighted by molar-refractivity contribution is 5.85. The number of rotatable bonds is 7. The van der Waals surface area contributed by atoms with Crippen molar-refractivity contribution in [1.82, 2.24) is 0 Å². The van der Waals surface area contributed by atoms with Crippen LogP contribution in [0.1, 0.15) is 18.4 Å². The summed E-state index contributed by atoms with van der Waals surface area (Å²) in [5.41, 5.74) is 10.9. The fourth-order valence-electron chi connectivity index (χ4n) is 1.43. The molecule has 1 aromatic rings. The first-order chi connectivity index (χ1) is 10.8. The van der Waals surface area contributed by atoms with Crippen LogP contribution in [0, 0.1) is 0 Å². The number of carboxylic acid groups (broad SMARTS) is 2. The van der Waals surface area contributed by atoms with E-state index in [1.54, 1.807) is 12.1 Å². The topological polar surface area (TPSA) is 156 Å². The summed E-state index contributed by atoms with van der Waals surface area (Å²) in [5.74, 6) is -1.63. The molecule has 23 heavy (non-hydrogen) atoms. The predicted octanol–water partition coefficient (Wildman–Crippen LogP) is 0.636. The van der Waals surface area contributed by atoms with Crippen LogP contribution < -0.4 is 16.2 Å². The van der Waals surface area contributed by atoms with Gasteiger partial charge in [0, 0.05) is 6.08 Å². The molecule has 0 aliphatic heterocycles. The minimum atomic E-state index is -1.02. The van der Waals surface area contributed by atoms with E-state index in [1.807, 2.05) is 0 Å². The van der Waals surface area contributed by atoms with Crippen molar-refractivity contribution in [2.24, 2.45) is 11.5 Å². The largest absolute Gasteiger partial charge is 0.504 e. The molecule has 0 aromatic heterocycles. The number of carboxylic acids is 2. The van der Waals surface area contributed by atoms with Crippen LogP contribution in [0.2, 0.25) is 0 Å². The molecular weight excluding hydrogens is 304 g/mol. The smallest absolute Gasteiger partial charge is 0.328 e. The third-order valence-electron chi connectivity index (χ3n) is 2.66. The normalized spacial score (nSPS) is 11.4. The minimum Gasteiger partial charge on any atom is -0.504 e. The van der Waals surface area contributed by atoms with Gasteiger partial charge >= 0.3 is 11.9 Å². The summed E-state index contributed by atoms with van der Waals surface area (Å²) in [5, 5.41) is 25.9. The van der Waals surface area contributed by atoms with Crippen molar-refractivity contribution in [3.8, 4) is 11.5 Å². The maximum Gasteiger partial charge on any atom is 0.328 e. The van der Waals surface area contributed by atoms with Crippen molar-refractivity contribution in [3.63, 3.8) is 0 Å². The number of ether oxygens (including phenoxy) is 1. The second-order valence-corrected chi connectivity index (χ2v) is 4.48. The van der Waals surface area contributed by atoms with E-state index in [4.69, 9.17) is 26.4 Å². The molecule has 0 saturated heterocycles. The third kappa shape index (κ3) is 9.12. The van der Waals surface area contributed by atoms with Gasteiger partial charge in [0.1, 0.15) is 6.04 Å². The van der Waals surface area contributed by atoms with E-state index in [2.05, 4.69) is 0 Å². The number of aromatic hydroxyl groups is 1. The average Bonchev–Trinajstić information content (AvgIpc) is 2.52. The zero-order valence-electron chi connectivity index (χ0n) is 12.8. The van der Waals surface area contributed by atoms with E-state index in [0.717, 1.165) is 6.08 Å². The zero-order valence-corrected chi connectivity index (χ0v) is 12.8. The number of aliphatic carboxylic acids is 2. The van der Waals surface area contributed by atoms with E-state index in [-0.39, 0.29) is 5.75 Å². The molecule has 0 heterocycles. The second kappa shape index (κ2) is 11.0. The molecule has 1 unspecified atom stereocenters. The minimum absolute atomic E-state index is 0.0278. The van der Waals surface area contributed by atoms with Gasteiger partial charge in [0.15, 0.2) is 11.5 Å². The van der Waals surface area contributed by atoms with E-state index < -0.39 is 18.0 Å². The molecule has 0 bridgehead atoms. The van der Waals surface area contributed by atoms with E-state index in [9.17, 15) is 14.7 Å². The Labute approximate surface area is 134 Å². The van der Waals surface area contributed by atoms with Crippen LogP contribution in [-0.4, -0.2) is 47.0 Å². The Morgan fingerprint density at radius 2 is 2.00 bits per heavy atom. The molecule has 0 amide bonds. The monoisotopic (exact) mass is 326 g/mol. The first-order valence-electron chi connectivity index (χ1n) is 6.78. The Hall–Kier alpha value is -2.58. The van der Waals surface area contributed by atoms with Crippen LogP contribution in [0.15, 0.2) is 24.3 Å². The maximum atomic E-state index is 10.2. The third-order valence-corrected chi connectivity index (χ3v) is 2.66. The highest BCUT2D eigenvalue weighted by Crippen LogP contribution is 2.26. The second-order valence-electron chi connectivity index (χ2n) is 4.48. The molecule has 1 aromatic carbocycles. The van der Waals surface area contributed by atoms with Gasteiger partial charge in [-0.15, -0.1) is 0 Å². The van der Waals surface area contributed by atoms with Gasteiger partial charge in [0.2, 0.25) is 0 Å². The molecule has 0 aliphatic rings. The fraction of sp³-hybridized carbons (Fsp3) is 0.333. The van der Waals surface area contributed by atoms with Gasteiger partial charge < -0.3 is 31.5 Å². The lowest BCUT2D eigenvalue weighted by Crippen LogP contribution is -2.30. The lowest BCUT2D eigenvalue weighted by atomic mass is 10.2. The average molecular weight is 326 g/mol. The molecule has 0 fully saturated rings. The first-order valence-corrected chi connectivity index (χ1v) is 6.78. The molecule has 0 radical (unpaired) electrons. The van der Waals surface area contributed by atoms with Crippen LogP contribution in [-0.2, 0) is 9.59 Å². The van der Waals surface area contributed by atoms with Gasteiger partial charge in [-0.3, -0.25) is 4.79 Å². The van der Waals surface area contributed by atoms with Gasteiger partial charge in [-0.1, -0.05) is 6.07 Å². The number of carbonyl (C=O) groups is 2. The molecule has 128 valence electrons. The maximum absolute atomic E-state index is 10.2. The summed E-state index contributed by atoms with van der Waals surface area (Å²) < 4.78 is 4.86. The summed E-state index contributed by atoms with van der Waals surface area (Å²) in [6.45, 7) is 0.501. The number of hydrogen-bond donors (Lipinski definition) is 5. The lowest BCUT2D eigenvalue weighted by Gasteiger charge is -2.03. The molecule has 8 heteroatoms. The Balaban J connectivity index is 0.000000468. The van der Waals surface area contributed by atoms with Gasteiger partial charge in [0.05, 0.1) is 7.11 Å². The lowest BCUT2D eigenvalue weighted by molar-refractivity contribution is -0.138. The van der Waals surface area contributed by atoms with E-state index >= 15 is 0 Å². The molecule has 1 atom stereocenters. The molecule has 8 nitrogen and oxygen atoms in total. The van der Waals surface area contributed by atoms with Crippen LogP contribution in [0.25, 0.3) is 6.08 Å². The number of hydrogen-bond acceptors (Lipinski definition) is 6. The fourth-order valence-corrected chi connectivity index (χ4v) is 1.43. The van der Waals surface area contributed by atoms with E-state index in [1.165, 1.54) is 19.3 Å². The number of nitrogens with two attached hydrogens (primary N) is 2. The summed E-state index contributed by atoms with van der Waals surface area (Å²) in [7, 11) is 1.43. The quantitative estimate of drug-likeness (QED) is 0.457. The van der Waals surface area contributed by atoms with Crippen molar-refractivity contribution in [2.75, 3.05) is 13.7 Å². The molecule has 7 N–H and O–H groups in total. The zero-order chi connectivity index (χ0) is 17.8. The van der Waals surface area contributed by atoms with E-state index in [0.29, 0.717) is 30.7 Å². The molecule has 1 rings (SSSR count). The number of phenols is 1.